The molecule has 0 atom stereocenters. The van der Waals surface area contributed by atoms with Gasteiger partial charge < -0.3 is 14.5 Å². The van der Waals surface area contributed by atoms with Crippen LogP contribution in [0.3, 0.4) is 0 Å². The fourth-order valence-electron chi connectivity index (χ4n) is 1.66. The first kappa shape index (κ1) is 14.0. The van der Waals surface area contributed by atoms with Crippen molar-refractivity contribution in [3.05, 3.63) is 41.0 Å². The van der Waals surface area contributed by atoms with Crippen LogP contribution in [-0.2, 0) is 4.74 Å². The van der Waals surface area contributed by atoms with E-state index in [1.807, 2.05) is 0 Å². The minimum atomic E-state index is -0.545. The highest BCUT2D eigenvalue weighted by atomic mass is 19.1. The number of aryl methyl sites for hydroxylation is 2. The SMILES string of the molecule is CCOC(=O)c1coc(Nc2cc(C)c(F)cc2C)n1. The normalized spacial score (nSPS) is 10.4. The molecule has 6 heteroatoms. The van der Waals surface area contributed by atoms with Crippen molar-refractivity contribution in [3.63, 3.8) is 0 Å². The Labute approximate surface area is 115 Å². The lowest BCUT2D eigenvalue weighted by molar-refractivity contribution is 0.0519. The van der Waals surface area contributed by atoms with Gasteiger partial charge in [-0.1, -0.05) is 0 Å². The van der Waals surface area contributed by atoms with Gasteiger partial charge in [0.2, 0.25) is 0 Å². The quantitative estimate of drug-likeness (QED) is 0.869. The van der Waals surface area contributed by atoms with E-state index in [0.29, 0.717) is 16.8 Å². The van der Waals surface area contributed by atoms with Crippen molar-refractivity contribution in [1.82, 2.24) is 4.98 Å². The largest absolute Gasteiger partial charge is 0.461 e. The highest BCUT2D eigenvalue weighted by Gasteiger charge is 2.14. The fraction of sp³-hybridized carbons (Fsp3) is 0.286. The lowest BCUT2D eigenvalue weighted by Gasteiger charge is -2.07. The van der Waals surface area contributed by atoms with Crippen molar-refractivity contribution in [1.29, 1.82) is 0 Å². The number of esters is 1. The molecule has 106 valence electrons. The van der Waals surface area contributed by atoms with E-state index in [-0.39, 0.29) is 24.1 Å². The predicted molar refractivity (Wildman–Crippen MR) is 71.6 cm³/mol. The molecule has 1 aromatic carbocycles. The zero-order valence-corrected chi connectivity index (χ0v) is 11.5. The highest BCUT2D eigenvalue weighted by Crippen LogP contribution is 2.23. The fourth-order valence-corrected chi connectivity index (χ4v) is 1.66. The second-order valence-electron chi connectivity index (χ2n) is 4.30. The molecule has 0 aliphatic carbocycles. The molecule has 0 aliphatic rings. The maximum Gasteiger partial charge on any atom is 0.360 e. The molecule has 0 radical (unpaired) electrons. The van der Waals surface area contributed by atoms with Gasteiger partial charge in [0.1, 0.15) is 12.1 Å². The van der Waals surface area contributed by atoms with Gasteiger partial charge in [0.25, 0.3) is 6.01 Å². The number of hydrogen-bond donors (Lipinski definition) is 1. The highest BCUT2D eigenvalue weighted by molar-refractivity contribution is 5.87. The summed E-state index contributed by atoms with van der Waals surface area (Å²) in [6.45, 7) is 5.41. The molecule has 1 N–H and O–H groups in total. The standard InChI is InChI=1S/C14H15FN2O3/c1-4-19-13(18)12-7-20-14(17-12)16-11-6-8(2)10(15)5-9(11)3/h5-7H,4H2,1-3H3,(H,16,17). The average molecular weight is 278 g/mol. The van der Waals surface area contributed by atoms with Gasteiger partial charge in [-0.15, -0.1) is 0 Å². The number of oxazole rings is 1. The second kappa shape index (κ2) is 5.73. The number of benzene rings is 1. The Hall–Kier alpha value is -2.37. The van der Waals surface area contributed by atoms with Crippen molar-refractivity contribution < 1.29 is 18.3 Å². The maximum atomic E-state index is 13.4. The minimum Gasteiger partial charge on any atom is -0.461 e. The molecular weight excluding hydrogens is 263 g/mol. The van der Waals surface area contributed by atoms with Gasteiger partial charge in [-0.3, -0.25) is 0 Å². The molecule has 0 bridgehead atoms. The van der Waals surface area contributed by atoms with Crippen molar-refractivity contribution in [2.75, 3.05) is 11.9 Å². The monoisotopic (exact) mass is 278 g/mol. The summed E-state index contributed by atoms with van der Waals surface area (Å²) in [6.07, 6.45) is 1.21. The molecule has 20 heavy (non-hydrogen) atoms. The lowest BCUT2D eigenvalue weighted by atomic mass is 10.1. The van der Waals surface area contributed by atoms with Crippen molar-refractivity contribution in [3.8, 4) is 0 Å². The number of aromatic nitrogens is 1. The van der Waals surface area contributed by atoms with E-state index >= 15 is 0 Å². The van der Waals surface area contributed by atoms with Crippen LogP contribution in [0.15, 0.2) is 22.8 Å². The van der Waals surface area contributed by atoms with E-state index in [0.717, 1.165) is 0 Å². The number of ether oxygens (including phenoxy) is 1. The van der Waals surface area contributed by atoms with Crippen LogP contribution >= 0.6 is 0 Å². The number of nitrogens with zero attached hydrogens (tertiary/aromatic N) is 1. The first-order chi connectivity index (χ1) is 9.51. The summed E-state index contributed by atoms with van der Waals surface area (Å²) in [7, 11) is 0. The minimum absolute atomic E-state index is 0.0887. The molecule has 5 nitrogen and oxygen atoms in total. The van der Waals surface area contributed by atoms with Crippen molar-refractivity contribution >= 4 is 17.7 Å². The molecular formula is C14H15FN2O3. The third-order valence-corrected chi connectivity index (χ3v) is 2.74. The summed E-state index contributed by atoms with van der Waals surface area (Å²) in [5.41, 5.74) is 1.98. The Kier molecular flexibility index (Phi) is 4.02. The smallest absolute Gasteiger partial charge is 0.360 e. The number of carbonyl (C=O) groups is 1. The summed E-state index contributed by atoms with van der Waals surface area (Å²) in [5, 5.41) is 2.91. The van der Waals surface area contributed by atoms with Gasteiger partial charge in [0.05, 0.1) is 6.61 Å². The molecule has 0 saturated heterocycles. The van der Waals surface area contributed by atoms with Crippen LogP contribution in [0.2, 0.25) is 0 Å². The number of halogens is 1. The van der Waals surface area contributed by atoms with E-state index in [1.165, 1.54) is 12.3 Å². The topological polar surface area (TPSA) is 64.4 Å². The Bertz CT molecular complexity index is 637. The van der Waals surface area contributed by atoms with E-state index in [2.05, 4.69) is 10.3 Å². The van der Waals surface area contributed by atoms with Gasteiger partial charge in [-0.2, -0.15) is 4.98 Å². The number of rotatable bonds is 4. The maximum absolute atomic E-state index is 13.4. The van der Waals surface area contributed by atoms with E-state index in [4.69, 9.17) is 9.15 Å². The van der Waals surface area contributed by atoms with Crippen LogP contribution in [0.1, 0.15) is 28.5 Å². The van der Waals surface area contributed by atoms with Crippen LogP contribution in [0, 0.1) is 19.7 Å². The van der Waals surface area contributed by atoms with E-state index in [1.54, 1.807) is 26.8 Å². The Balaban J connectivity index is 2.19. The number of hydrogen-bond acceptors (Lipinski definition) is 5. The molecule has 2 aromatic rings. The van der Waals surface area contributed by atoms with Crippen LogP contribution in [0.25, 0.3) is 0 Å². The summed E-state index contributed by atoms with van der Waals surface area (Å²) in [4.78, 5) is 15.4. The molecule has 0 unspecified atom stereocenters. The number of anilines is 2. The van der Waals surface area contributed by atoms with Gasteiger partial charge >= 0.3 is 5.97 Å². The average Bonchev–Trinajstić information content (AvgIpc) is 2.85. The summed E-state index contributed by atoms with van der Waals surface area (Å²) < 4.78 is 23.3. The molecule has 2 rings (SSSR count). The lowest BCUT2D eigenvalue weighted by Crippen LogP contribution is -2.05. The molecule has 1 aromatic heterocycles. The Morgan fingerprint density at radius 3 is 2.85 bits per heavy atom. The molecule has 0 spiro atoms. The molecule has 0 aliphatic heterocycles. The third-order valence-electron chi connectivity index (χ3n) is 2.74. The molecule has 1 heterocycles. The van der Waals surface area contributed by atoms with Gasteiger partial charge in [-0.05, 0) is 44.0 Å². The third kappa shape index (κ3) is 2.96. The number of nitrogens with one attached hydrogen (secondary N) is 1. The zero-order chi connectivity index (χ0) is 14.7. The van der Waals surface area contributed by atoms with Gasteiger partial charge in [0, 0.05) is 5.69 Å². The molecule has 0 fully saturated rings. The first-order valence-corrected chi connectivity index (χ1v) is 6.17. The van der Waals surface area contributed by atoms with Gasteiger partial charge in [-0.25, -0.2) is 9.18 Å². The van der Waals surface area contributed by atoms with Crippen molar-refractivity contribution in [2.24, 2.45) is 0 Å². The van der Waals surface area contributed by atoms with Gasteiger partial charge in [0.15, 0.2) is 5.69 Å². The first-order valence-electron chi connectivity index (χ1n) is 6.17. The van der Waals surface area contributed by atoms with E-state index < -0.39 is 5.97 Å². The van der Waals surface area contributed by atoms with Crippen LogP contribution in [0.4, 0.5) is 16.1 Å². The Morgan fingerprint density at radius 1 is 1.40 bits per heavy atom. The van der Waals surface area contributed by atoms with Crippen LogP contribution in [0.5, 0.6) is 0 Å². The number of carbonyl (C=O) groups excluding carboxylic acids is 1. The summed E-state index contributed by atoms with van der Waals surface area (Å²) in [5.74, 6) is -0.816. The Morgan fingerprint density at radius 2 is 2.15 bits per heavy atom. The zero-order valence-electron chi connectivity index (χ0n) is 11.5. The molecule has 0 amide bonds. The van der Waals surface area contributed by atoms with Crippen LogP contribution in [-0.4, -0.2) is 17.6 Å². The predicted octanol–water partition coefficient (Wildman–Crippen LogP) is 3.35. The van der Waals surface area contributed by atoms with E-state index in [9.17, 15) is 9.18 Å². The molecule has 0 saturated carbocycles. The summed E-state index contributed by atoms with van der Waals surface area (Å²) >= 11 is 0. The second-order valence-corrected chi connectivity index (χ2v) is 4.30. The van der Waals surface area contributed by atoms with Crippen LogP contribution < -0.4 is 5.32 Å². The summed E-state index contributed by atoms with van der Waals surface area (Å²) in [6, 6.07) is 3.23. The van der Waals surface area contributed by atoms with Crippen molar-refractivity contribution in [2.45, 2.75) is 20.8 Å².